The summed E-state index contributed by atoms with van der Waals surface area (Å²) >= 11 is 0. The van der Waals surface area contributed by atoms with Crippen LogP contribution in [0.1, 0.15) is 64.1 Å². The Balaban J connectivity index is 2.13. The van der Waals surface area contributed by atoms with Crippen LogP contribution < -0.4 is 5.56 Å². The van der Waals surface area contributed by atoms with Crippen molar-refractivity contribution in [2.75, 3.05) is 0 Å². The molecule has 0 saturated carbocycles. The summed E-state index contributed by atoms with van der Waals surface area (Å²) in [5, 5.41) is 0. The summed E-state index contributed by atoms with van der Waals surface area (Å²) in [4.78, 5) is 15.8. The lowest BCUT2D eigenvalue weighted by Crippen LogP contribution is -2.22. The van der Waals surface area contributed by atoms with Gasteiger partial charge in [-0.25, -0.2) is 4.98 Å². The van der Waals surface area contributed by atoms with E-state index in [1.807, 2.05) is 6.92 Å². The van der Waals surface area contributed by atoms with Crippen LogP contribution in [0.5, 0.6) is 0 Å². The highest BCUT2D eigenvalue weighted by Crippen LogP contribution is 2.08. The number of hydrogen-bond acceptors (Lipinski definition) is 2. The molecule has 3 heteroatoms. The van der Waals surface area contributed by atoms with E-state index in [1.54, 1.807) is 10.8 Å². The van der Waals surface area contributed by atoms with Gasteiger partial charge in [0.2, 0.25) is 0 Å². The Hall–Kier alpha value is -1.12. The molecule has 0 aromatic carbocycles. The van der Waals surface area contributed by atoms with Gasteiger partial charge in [-0.1, -0.05) is 51.9 Å². The van der Waals surface area contributed by atoms with Gasteiger partial charge in [0.1, 0.15) is 5.82 Å². The van der Waals surface area contributed by atoms with Crippen LogP contribution in [0.3, 0.4) is 0 Å². The van der Waals surface area contributed by atoms with E-state index in [0.717, 1.165) is 18.8 Å². The van der Waals surface area contributed by atoms with E-state index in [-0.39, 0.29) is 5.56 Å². The van der Waals surface area contributed by atoms with Gasteiger partial charge in [-0.3, -0.25) is 9.36 Å². The minimum Gasteiger partial charge on any atom is -0.297 e. The van der Waals surface area contributed by atoms with Crippen molar-refractivity contribution < 1.29 is 0 Å². The van der Waals surface area contributed by atoms with Crippen molar-refractivity contribution >= 4 is 0 Å². The van der Waals surface area contributed by atoms with Crippen molar-refractivity contribution in [2.45, 2.75) is 71.8 Å². The number of nitrogens with zero attached hydrogens (tertiary/aromatic N) is 2. The highest BCUT2D eigenvalue weighted by Gasteiger charge is 1.99. The Morgan fingerprint density at radius 1 is 1.06 bits per heavy atom. The quantitative estimate of drug-likeness (QED) is 0.626. The van der Waals surface area contributed by atoms with Gasteiger partial charge in [-0.2, -0.15) is 0 Å². The van der Waals surface area contributed by atoms with Crippen LogP contribution in [0, 0.1) is 6.92 Å². The highest BCUT2D eigenvalue weighted by molar-refractivity contribution is 4.90. The second-order valence-electron chi connectivity index (χ2n) is 4.96. The van der Waals surface area contributed by atoms with Crippen LogP contribution in [0.2, 0.25) is 0 Å². The molecule has 0 fully saturated rings. The van der Waals surface area contributed by atoms with Crippen molar-refractivity contribution in [3.8, 4) is 0 Å². The van der Waals surface area contributed by atoms with Gasteiger partial charge >= 0.3 is 0 Å². The van der Waals surface area contributed by atoms with Crippen LogP contribution in [0.15, 0.2) is 17.1 Å². The summed E-state index contributed by atoms with van der Waals surface area (Å²) in [7, 11) is 0. The summed E-state index contributed by atoms with van der Waals surface area (Å²) in [6.45, 7) is 4.95. The largest absolute Gasteiger partial charge is 0.297 e. The first-order valence-electron chi connectivity index (χ1n) is 7.28. The Labute approximate surface area is 110 Å². The molecule has 3 nitrogen and oxygen atoms in total. The SMILES string of the molecule is CCCCCCCCCCn1c(C)nccc1=O. The van der Waals surface area contributed by atoms with Gasteiger partial charge in [-0.05, 0) is 13.3 Å². The van der Waals surface area contributed by atoms with E-state index >= 15 is 0 Å². The predicted molar refractivity (Wildman–Crippen MR) is 75.8 cm³/mol. The highest BCUT2D eigenvalue weighted by atomic mass is 16.1. The second kappa shape index (κ2) is 8.90. The van der Waals surface area contributed by atoms with E-state index in [4.69, 9.17) is 0 Å². The monoisotopic (exact) mass is 250 g/mol. The van der Waals surface area contributed by atoms with Gasteiger partial charge in [0.05, 0.1) is 0 Å². The lowest BCUT2D eigenvalue weighted by atomic mass is 10.1. The maximum atomic E-state index is 11.6. The summed E-state index contributed by atoms with van der Waals surface area (Å²) in [6, 6.07) is 1.54. The lowest BCUT2D eigenvalue weighted by molar-refractivity contribution is 0.527. The fourth-order valence-corrected chi connectivity index (χ4v) is 2.20. The van der Waals surface area contributed by atoms with E-state index in [1.165, 1.54) is 51.0 Å². The number of aryl methyl sites for hydroxylation is 1. The average Bonchev–Trinajstić information content (AvgIpc) is 2.35. The van der Waals surface area contributed by atoms with E-state index < -0.39 is 0 Å². The molecule has 1 rings (SSSR count). The van der Waals surface area contributed by atoms with Crippen LogP contribution in [0.4, 0.5) is 0 Å². The Bertz CT molecular complexity index is 384. The maximum absolute atomic E-state index is 11.6. The third-order valence-corrected chi connectivity index (χ3v) is 3.37. The smallest absolute Gasteiger partial charge is 0.253 e. The molecule has 0 aliphatic carbocycles. The summed E-state index contributed by atoms with van der Waals surface area (Å²) in [5.74, 6) is 0.824. The summed E-state index contributed by atoms with van der Waals surface area (Å²) < 4.78 is 1.77. The number of hydrogen-bond donors (Lipinski definition) is 0. The number of unbranched alkanes of at least 4 members (excludes halogenated alkanes) is 7. The van der Waals surface area contributed by atoms with Crippen LogP contribution >= 0.6 is 0 Å². The molecule has 1 aromatic rings. The first kappa shape index (κ1) is 14.9. The van der Waals surface area contributed by atoms with Crippen LogP contribution in [0.25, 0.3) is 0 Å². The maximum Gasteiger partial charge on any atom is 0.253 e. The Kier molecular flexibility index (Phi) is 7.38. The first-order valence-corrected chi connectivity index (χ1v) is 7.28. The molecule has 0 spiro atoms. The fourth-order valence-electron chi connectivity index (χ4n) is 2.20. The molecule has 0 aliphatic rings. The average molecular weight is 250 g/mol. The zero-order valence-electron chi connectivity index (χ0n) is 11.8. The van der Waals surface area contributed by atoms with Crippen LogP contribution in [-0.2, 0) is 6.54 Å². The predicted octanol–water partition coefficient (Wildman–Crippen LogP) is 3.69. The van der Waals surface area contributed by atoms with Gasteiger partial charge in [0.25, 0.3) is 5.56 Å². The van der Waals surface area contributed by atoms with Crippen molar-refractivity contribution in [3.63, 3.8) is 0 Å². The molecular weight excluding hydrogens is 224 g/mol. The second-order valence-corrected chi connectivity index (χ2v) is 4.96. The van der Waals surface area contributed by atoms with Gasteiger partial charge in [-0.15, -0.1) is 0 Å². The van der Waals surface area contributed by atoms with Gasteiger partial charge in [0, 0.05) is 18.8 Å². The third-order valence-electron chi connectivity index (χ3n) is 3.37. The lowest BCUT2D eigenvalue weighted by Gasteiger charge is -2.07. The molecule has 0 atom stereocenters. The first-order chi connectivity index (χ1) is 8.75. The molecule has 0 N–H and O–H groups in total. The molecule has 0 bridgehead atoms. The molecule has 0 amide bonds. The molecule has 0 aliphatic heterocycles. The van der Waals surface area contributed by atoms with Gasteiger partial charge in [0.15, 0.2) is 0 Å². The molecular formula is C15H26N2O. The molecule has 0 radical (unpaired) electrons. The Morgan fingerprint density at radius 2 is 1.67 bits per heavy atom. The molecule has 0 unspecified atom stereocenters. The molecule has 18 heavy (non-hydrogen) atoms. The zero-order valence-corrected chi connectivity index (χ0v) is 11.8. The standard InChI is InChI=1S/C15H26N2O/c1-3-4-5-6-7-8-9-10-13-17-14(2)16-12-11-15(17)18/h11-12H,3-10,13H2,1-2H3. The Morgan fingerprint density at radius 3 is 2.28 bits per heavy atom. The fraction of sp³-hybridized carbons (Fsp3) is 0.733. The van der Waals surface area contributed by atoms with Crippen molar-refractivity contribution in [1.29, 1.82) is 0 Å². The normalized spacial score (nSPS) is 10.8. The molecule has 102 valence electrons. The number of rotatable bonds is 9. The number of aromatic nitrogens is 2. The molecule has 1 heterocycles. The summed E-state index contributed by atoms with van der Waals surface area (Å²) in [5.41, 5.74) is 0.0745. The minimum absolute atomic E-state index is 0.0745. The van der Waals surface area contributed by atoms with E-state index in [0.29, 0.717) is 0 Å². The van der Waals surface area contributed by atoms with Crippen molar-refractivity contribution in [1.82, 2.24) is 9.55 Å². The summed E-state index contributed by atoms with van der Waals surface area (Å²) in [6.07, 6.45) is 11.9. The van der Waals surface area contributed by atoms with Gasteiger partial charge < -0.3 is 0 Å². The van der Waals surface area contributed by atoms with E-state index in [2.05, 4.69) is 11.9 Å². The zero-order chi connectivity index (χ0) is 13.2. The van der Waals surface area contributed by atoms with Crippen molar-refractivity contribution in [3.05, 3.63) is 28.4 Å². The van der Waals surface area contributed by atoms with E-state index in [9.17, 15) is 4.79 Å². The van der Waals surface area contributed by atoms with Crippen molar-refractivity contribution in [2.24, 2.45) is 0 Å². The third kappa shape index (κ3) is 5.48. The van der Waals surface area contributed by atoms with Crippen LogP contribution in [-0.4, -0.2) is 9.55 Å². The minimum atomic E-state index is 0.0745. The molecule has 1 aromatic heterocycles. The molecule has 0 saturated heterocycles. The topological polar surface area (TPSA) is 34.9 Å².